The van der Waals surface area contributed by atoms with Crippen LogP contribution in [0.4, 0.5) is 10.1 Å². The van der Waals surface area contributed by atoms with Gasteiger partial charge in [0.15, 0.2) is 0 Å². The van der Waals surface area contributed by atoms with Crippen molar-refractivity contribution in [3.8, 4) is 0 Å². The van der Waals surface area contributed by atoms with E-state index >= 15 is 0 Å². The van der Waals surface area contributed by atoms with Gasteiger partial charge in [0.25, 0.3) is 0 Å². The average molecular weight is 231 g/mol. The Bertz CT molecular complexity index is 335. The number of rotatable bonds is 4. The van der Waals surface area contributed by atoms with Gasteiger partial charge in [-0.2, -0.15) is 12.6 Å². The van der Waals surface area contributed by atoms with Crippen molar-refractivity contribution in [3.63, 3.8) is 0 Å². The lowest BCUT2D eigenvalue weighted by Gasteiger charge is -2.18. The van der Waals surface area contributed by atoms with Gasteiger partial charge >= 0.3 is 0 Å². The predicted molar refractivity (Wildman–Crippen MR) is 60.2 cm³/mol. The van der Waals surface area contributed by atoms with E-state index in [-0.39, 0.29) is 11.3 Å². The number of hydrogen-bond donors (Lipinski definition) is 4. The highest BCUT2D eigenvalue weighted by Gasteiger charge is 2.20. The zero-order valence-corrected chi connectivity index (χ0v) is 8.99. The summed E-state index contributed by atoms with van der Waals surface area (Å²) >= 11 is 3.94. The molecule has 2 unspecified atom stereocenters. The SMILES string of the molecule is Nc1ccc(F)cc1C(O)C(O)CCS. The van der Waals surface area contributed by atoms with Crippen LogP contribution in [0.1, 0.15) is 18.1 Å². The molecule has 0 amide bonds. The van der Waals surface area contributed by atoms with E-state index in [0.717, 1.165) is 6.07 Å². The molecule has 3 nitrogen and oxygen atoms in total. The highest BCUT2D eigenvalue weighted by molar-refractivity contribution is 7.80. The first kappa shape index (κ1) is 12.3. The standard InChI is InChI=1S/C10H14FNO2S/c11-6-1-2-8(12)7(5-6)10(14)9(13)3-4-15/h1-2,5,9-10,13-15H,3-4,12H2. The number of benzene rings is 1. The van der Waals surface area contributed by atoms with Crippen molar-refractivity contribution in [2.24, 2.45) is 0 Å². The molecule has 2 atom stereocenters. The van der Waals surface area contributed by atoms with Gasteiger partial charge in [0.2, 0.25) is 0 Å². The molecular weight excluding hydrogens is 217 g/mol. The third kappa shape index (κ3) is 3.09. The number of aliphatic hydroxyl groups excluding tert-OH is 2. The Labute approximate surface area is 93.1 Å². The minimum Gasteiger partial charge on any atom is -0.398 e. The van der Waals surface area contributed by atoms with Crippen LogP contribution in [-0.4, -0.2) is 22.1 Å². The minimum atomic E-state index is -1.17. The van der Waals surface area contributed by atoms with Crippen molar-refractivity contribution < 1.29 is 14.6 Å². The summed E-state index contributed by atoms with van der Waals surface area (Å²) in [5.41, 5.74) is 6.05. The van der Waals surface area contributed by atoms with Crippen LogP contribution in [0, 0.1) is 5.82 Å². The molecule has 0 aliphatic rings. The summed E-state index contributed by atoms with van der Waals surface area (Å²) in [6.07, 6.45) is -1.83. The first-order valence-corrected chi connectivity index (χ1v) is 5.21. The molecule has 1 rings (SSSR count). The highest BCUT2D eigenvalue weighted by atomic mass is 32.1. The Morgan fingerprint density at radius 3 is 2.67 bits per heavy atom. The molecule has 0 radical (unpaired) electrons. The normalized spacial score (nSPS) is 14.9. The number of aliphatic hydroxyl groups is 2. The van der Waals surface area contributed by atoms with Gasteiger partial charge in [0.1, 0.15) is 11.9 Å². The number of anilines is 1. The molecule has 0 aromatic heterocycles. The monoisotopic (exact) mass is 231 g/mol. The van der Waals surface area contributed by atoms with Gasteiger partial charge in [0.05, 0.1) is 6.10 Å². The largest absolute Gasteiger partial charge is 0.398 e. The van der Waals surface area contributed by atoms with Gasteiger partial charge in [-0.05, 0) is 30.4 Å². The van der Waals surface area contributed by atoms with Crippen LogP contribution in [-0.2, 0) is 0 Å². The second-order valence-electron chi connectivity index (χ2n) is 3.30. The first-order chi connectivity index (χ1) is 7.06. The molecule has 1 aromatic carbocycles. The van der Waals surface area contributed by atoms with E-state index in [2.05, 4.69) is 12.6 Å². The molecule has 0 bridgehead atoms. The summed E-state index contributed by atoms with van der Waals surface area (Å²) < 4.78 is 12.9. The maximum absolute atomic E-state index is 12.9. The molecule has 0 heterocycles. The van der Waals surface area contributed by atoms with Gasteiger partial charge in [0, 0.05) is 11.3 Å². The Hall–Kier alpha value is -0.780. The molecule has 84 valence electrons. The van der Waals surface area contributed by atoms with Gasteiger partial charge in [-0.15, -0.1) is 0 Å². The van der Waals surface area contributed by atoms with Crippen molar-refractivity contribution in [2.75, 3.05) is 11.5 Å². The van der Waals surface area contributed by atoms with Crippen LogP contribution < -0.4 is 5.73 Å². The smallest absolute Gasteiger partial charge is 0.123 e. The molecular formula is C10H14FNO2S. The van der Waals surface area contributed by atoms with Crippen molar-refractivity contribution in [1.29, 1.82) is 0 Å². The van der Waals surface area contributed by atoms with Crippen molar-refractivity contribution in [2.45, 2.75) is 18.6 Å². The molecule has 0 spiro atoms. The lowest BCUT2D eigenvalue weighted by molar-refractivity contribution is 0.0175. The molecule has 0 aliphatic heterocycles. The first-order valence-electron chi connectivity index (χ1n) is 4.58. The van der Waals surface area contributed by atoms with E-state index in [1.807, 2.05) is 0 Å². The van der Waals surface area contributed by atoms with Crippen LogP contribution in [0.2, 0.25) is 0 Å². The quantitative estimate of drug-likeness (QED) is 0.464. The number of thiol groups is 1. The number of nitrogen functional groups attached to an aromatic ring is 1. The molecule has 0 fully saturated rings. The van der Waals surface area contributed by atoms with Crippen LogP contribution in [0.25, 0.3) is 0 Å². The fourth-order valence-corrected chi connectivity index (χ4v) is 1.56. The summed E-state index contributed by atoms with van der Waals surface area (Å²) in [5, 5.41) is 19.2. The van der Waals surface area contributed by atoms with E-state index in [1.165, 1.54) is 12.1 Å². The fraction of sp³-hybridized carbons (Fsp3) is 0.400. The summed E-state index contributed by atoms with van der Waals surface area (Å²) in [4.78, 5) is 0. The molecule has 0 saturated carbocycles. The predicted octanol–water partition coefficient (Wildman–Crippen LogP) is 1.12. The van der Waals surface area contributed by atoms with E-state index in [1.54, 1.807) is 0 Å². The summed E-state index contributed by atoms with van der Waals surface area (Å²) in [7, 11) is 0. The van der Waals surface area contributed by atoms with Crippen LogP contribution >= 0.6 is 12.6 Å². The zero-order valence-electron chi connectivity index (χ0n) is 8.10. The van der Waals surface area contributed by atoms with E-state index in [9.17, 15) is 14.6 Å². The number of nitrogens with two attached hydrogens (primary N) is 1. The third-order valence-corrected chi connectivity index (χ3v) is 2.42. The van der Waals surface area contributed by atoms with Gasteiger partial charge < -0.3 is 15.9 Å². The average Bonchev–Trinajstić information content (AvgIpc) is 2.21. The summed E-state index contributed by atoms with van der Waals surface area (Å²) in [5.74, 6) is -0.0516. The second-order valence-corrected chi connectivity index (χ2v) is 3.74. The van der Waals surface area contributed by atoms with Crippen LogP contribution in [0.15, 0.2) is 18.2 Å². The van der Waals surface area contributed by atoms with Gasteiger partial charge in [-0.3, -0.25) is 0 Å². The molecule has 4 N–H and O–H groups in total. The number of halogens is 1. The minimum absolute atomic E-state index is 0.212. The highest BCUT2D eigenvalue weighted by Crippen LogP contribution is 2.25. The van der Waals surface area contributed by atoms with Gasteiger partial charge in [-0.1, -0.05) is 0 Å². The van der Waals surface area contributed by atoms with Crippen molar-refractivity contribution in [1.82, 2.24) is 0 Å². The zero-order chi connectivity index (χ0) is 11.4. The molecule has 0 aliphatic carbocycles. The van der Waals surface area contributed by atoms with Gasteiger partial charge in [-0.25, -0.2) is 4.39 Å². The van der Waals surface area contributed by atoms with E-state index in [4.69, 9.17) is 5.73 Å². The van der Waals surface area contributed by atoms with Crippen molar-refractivity contribution in [3.05, 3.63) is 29.6 Å². The second kappa shape index (κ2) is 5.34. The maximum Gasteiger partial charge on any atom is 0.123 e. The topological polar surface area (TPSA) is 66.5 Å². The molecule has 0 saturated heterocycles. The molecule has 5 heteroatoms. The fourth-order valence-electron chi connectivity index (χ4n) is 1.30. The molecule has 15 heavy (non-hydrogen) atoms. The summed E-state index contributed by atoms with van der Waals surface area (Å²) in [6, 6.07) is 3.69. The van der Waals surface area contributed by atoms with Crippen LogP contribution in [0.5, 0.6) is 0 Å². The maximum atomic E-state index is 12.9. The Balaban J connectivity index is 2.89. The Kier molecular flexibility index (Phi) is 4.38. The lowest BCUT2D eigenvalue weighted by atomic mass is 10.0. The Morgan fingerprint density at radius 2 is 2.07 bits per heavy atom. The Morgan fingerprint density at radius 1 is 1.40 bits per heavy atom. The number of hydrogen-bond acceptors (Lipinski definition) is 4. The van der Waals surface area contributed by atoms with Crippen molar-refractivity contribution >= 4 is 18.3 Å². The molecule has 1 aromatic rings. The third-order valence-electron chi connectivity index (χ3n) is 2.16. The lowest BCUT2D eigenvalue weighted by Crippen LogP contribution is -2.20. The van der Waals surface area contributed by atoms with Crippen LogP contribution in [0.3, 0.4) is 0 Å². The van der Waals surface area contributed by atoms with E-state index in [0.29, 0.717) is 12.2 Å². The van der Waals surface area contributed by atoms with E-state index < -0.39 is 18.0 Å². The summed E-state index contributed by atoms with van der Waals surface area (Å²) in [6.45, 7) is 0.